The summed E-state index contributed by atoms with van der Waals surface area (Å²) in [5.74, 6) is -0.927. The fourth-order valence-corrected chi connectivity index (χ4v) is 4.43. The molecule has 1 heterocycles. The third-order valence-electron chi connectivity index (χ3n) is 5.96. The molecule has 0 saturated carbocycles. The molecule has 35 heavy (non-hydrogen) atoms. The fourth-order valence-electron chi connectivity index (χ4n) is 4.17. The Kier molecular flexibility index (Phi) is 7.68. The van der Waals surface area contributed by atoms with Crippen molar-refractivity contribution in [3.05, 3.63) is 105 Å². The minimum atomic E-state index is -0.716. The molecule has 0 unspecified atom stereocenters. The molecular weight excluding hydrogens is 510 g/mol. The van der Waals surface area contributed by atoms with E-state index in [1.807, 2.05) is 67.6 Å². The van der Waals surface area contributed by atoms with Crippen LogP contribution < -0.4 is 4.74 Å². The fraction of sp³-hybridized carbons (Fsp3) is 0.214. The first-order valence-electron chi connectivity index (χ1n) is 11.2. The number of ketones is 1. The lowest BCUT2D eigenvalue weighted by Gasteiger charge is -2.25. The third-order valence-corrected chi connectivity index (χ3v) is 6.49. The summed E-state index contributed by atoms with van der Waals surface area (Å²) in [5.41, 5.74) is 3.04. The summed E-state index contributed by atoms with van der Waals surface area (Å²) < 4.78 is 11.9. The molecule has 1 amide bonds. The van der Waals surface area contributed by atoms with Gasteiger partial charge in [0.05, 0.1) is 18.2 Å². The van der Waals surface area contributed by atoms with Crippen LogP contribution in [0.15, 0.2) is 82.8 Å². The van der Waals surface area contributed by atoms with E-state index in [4.69, 9.17) is 9.47 Å². The van der Waals surface area contributed by atoms with Crippen molar-refractivity contribution in [2.24, 2.45) is 0 Å². The van der Waals surface area contributed by atoms with E-state index in [0.29, 0.717) is 17.9 Å². The van der Waals surface area contributed by atoms with E-state index in [0.717, 1.165) is 21.2 Å². The number of carbonyl (C=O) groups is 2. The number of aliphatic hydroxyl groups excluding tert-OH is 1. The van der Waals surface area contributed by atoms with E-state index >= 15 is 0 Å². The Morgan fingerprint density at radius 3 is 2.40 bits per heavy atom. The number of rotatable bonds is 8. The smallest absolute Gasteiger partial charge is 0.295 e. The van der Waals surface area contributed by atoms with Crippen LogP contribution in [0.25, 0.3) is 5.76 Å². The molecule has 6 nitrogen and oxygen atoms in total. The summed E-state index contributed by atoms with van der Waals surface area (Å²) in [6.45, 7) is 2.75. The number of likely N-dealkylation sites (tertiary alicyclic amines) is 1. The molecule has 1 atom stereocenters. The van der Waals surface area contributed by atoms with Crippen molar-refractivity contribution in [1.82, 2.24) is 4.90 Å². The van der Waals surface area contributed by atoms with Crippen LogP contribution in [0.4, 0.5) is 0 Å². The zero-order chi connectivity index (χ0) is 24.9. The van der Waals surface area contributed by atoms with Gasteiger partial charge in [0.2, 0.25) is 0 Å². The van der Waals surface area contributed by atoms with Gasteiger partial charge in [-0.3, -0.25) is 9.59 Å². The van der Waals surface area contributed by atoms with E-state index in [1.54, 1.807) is 12.1 Å². The maximum Gasteiger partial charge on any atom is 0.295 e. The monoisotopic (exact) mass is 535 g/mol. The number of aliphatic hydroxyl groups is 1. The van der Waals surface area contributed by atoms with Crippen LogP contribution in [0.2, 0.25) is 0 Å². The van der Waals surface area contributed by atoms with Gasteiger partial charge in [0, 0.05) is 23.7 Å². The summed E-state index contributed by atoms with van der Waals surface area (Å²) in [7, 11) is 1.54. The molecule has 0 aliphatic carbocycles. The summed E-state index contributed by atoms with van der Waals surface area (Å²) in [5, 5.41) is 11.3. The van der Waals surface area contributed by atoms with Crippen LogP contribution in [0.5, 0.6) is 5.75 Å². The number of nitrogens with zero attached hydrogens (tertiary/aromatic N) is 1. The maximum absolute atomic E-state index is 13.1. The normalized spacial score (nSPS) is 17.1. The van der Waals surface area contributed by atoms with Crippen molar-refractivity contribution >= 4 is 33.4 Å². The topological polar surface area (TPSA) is 76.1 Å². The first kappa shape index (κ1) is 24.7. The van der Waals surface area contributed by atoms with Gasteiger partial charge >= 0.3 is 0 Å². The molecule has 1 aliphatic heterocycles. The van der Waals surface area contributed by atoms with Crippen molar-refractivity contribution in [3.8, 4) is 5.75 Å². The Morgan fingerprint density at radius 1 is 1.03 bits per heavy atom. The molecule has 4 rings (SSSR count). The van der Waals surface area contributed by atoms with Gasteiger partial charge in [-0.25, -0.2) is 0 Å². The van der Waals surface area contributed by atoms with E-state index in [-0.39, 0.29) is 24.5 Å². The standard InChI is InChI=1S/C28H26BrNO5/c1-18-16-22(35-17-19-6-4-3-5-7-19)12-13-23(18)26(31)24-25(20-8-10-21(29)11-9-20)30(14-15-34-2)28(33)27(24)32/h3-13,16,25,31H,14-15,17H2,1-2H3/b26-24+/t25-/m0/s1. The third kappa shape index (κ3) is 5.31. The largest absolute Gasteiger partial charge is 0.507 e. The average molecular weight is 536 g/mol. The zero-order valence-corrected chi connectivity index (χ0v) is 21.1. The van der Waals surface area contributed by atoms with Crippen molar-refractivity contribution in [3.63, 3.8) is 0 Å². The molecule has 1 saturated heterocycles. The Hall–Kier alpha value is -3.42. The van der Waals surface area contributed by atoms with Crippen molar-refractivity contribution < 1.29 is 24.2 Å². The van der Waals surface area contributed by atoms with Crippen LogP contribution in [-0.4, -0.2) is 42.0 Å². The van der Waals surface area contributed by atoms with Crippen molar-refractivity contribution in [2.75, 3.05) is 20.3 Å². The second-order valence-electron chi connectivity index (χ2n) is 8.29. The summed E-state index contributed by atoms with van der Waals surface area (Å²) in [6.07, 6.45) is 0. The summed E-state index contributed by atoms with van der Waals surface area (Å²) in [4.78, 5) is 27.5. The molecule has 1 N–H and O–H groups in total. The second kappa shape index (κ2) is 10.9. The number of hydrogen-bond donors (Lipinski definition) is 1. The lowest BCUT2D eigenvalue weighted by atomic mass is 9.94. The van der Waals surface area contributed by atoms with Crippen LogP contribution in [0.3, 0.4) is 0 Å². The number of Topliss-reactive ketones (excluding diaryl/α,β-unsaturated/α-hetero) is 1. The predicted molar refractivity (Wildman–Crippen MR) is 137 cm³/mol. The number of methoxy groups -OCH3 is 1. The first-order valence-corrected chi connectivity index (χ1v) is 12.0. The number of carbonyl (C=O) groups excluding carboxylic acids is 2. The van der Waals surface area contributed by atoms with Crippen LogP contribution in [-0.2, 0) is 20.9 Å². The van der Waals surface area contributed by atoms with Gasteiger partial charge in [0.25, 0.3) is 11.7 Å². The van der Waals surface area contributed by atoms with Crippen molar-refractivity contribution in [1.29, 1.82) is 0 Å². The number of aryl methyl sites for hydroxylation is 1. The quantitative estimate of drug-likeness (QED) is 0.237. The highest BCUT2D eigenvalue weighted by molar-refractivity contribution is 9.10. The minimum absolute atomic E-state index is 0.0643. The SMILES string of the molecule is COCCN1C(=O)C(=O)/C(=C(/O)c2ccc(OCc3ccccc3)cc2C)[C@@H]1c1ccc(Br)cc1. The highest BCUT2D eigenvalue weighted by atomic mass is 79.9. The number of ether oxygens (including phenoxy) is 2. The predicted octanol–water partition coefficient (Wildman–Crippen LogP) is 5.40. The van der Waals surface area contributed by atoms with E-state index in [1.165, 1.54) is 12.0 Å². The lowest BCUT2D eigenvalue weighted by molar-refractivity contribution is -0.140. The Balaban J connectivity index is 1.70. The molecule has 0 aromatic heterocycles. The molecule has 7 heteroatoms. The highest BCUT2D eigenvalue weighted by Crippen LogP contribution is 2.40. The first-order chi connectivity index (χ1) is 16.9. The van der Waals surface area contributed by atoms with Gasteiger partial charge in [0.15, 0.2) is 0 Å². The van der Waals surface area contributed by atoms with E-state index in [9.17, 15) is 14.7 Å². The maximum atomic E-state index is 13.1. The number of amides is 1. The second-order valence-corrected chi connectivity index (χ2v) is 9.20. The molecule has 3 aromatic carbocycles. The summed E-state index contributed by atoms with van der Waals surface area (Å²) >= 11 is 3.42. The molecule has 0 spiro atoms. The minimum Gasteiger partial charge on any atom is -0.507 e. The van der Waals surface area contributed by atoms with E-state index in [2.05, 4.69) is 15.9 Å². The average Bonchev–Trinajstić information content (AvgIpc) is 3.12. The van der Waals surface area contributed by atoms with Gasteiger partial charge < -0.3 is 19.5 Å². The Labute approximate surface area is 212 Å². The highest BCUT2D eigenvalue weighted by Gasteiger charge is 2.46. The molecule has 3 aromatic rings. The van der Waals surface area contributed by atoms with Crippen molar-refractivity contribution in [2.45, 2.75) is 19.6 Å². The molecule has 0 radical (unpaired) electrons. The Bertz CT molecular complexity index is 1250. The number of hydrogen-bond acceptors (Lipinski definition) is 5. The molecule has 1 aliphatic rings. The number of benzene rings is 3. The lowest BCUT2D eigenvalue weighted by Crippen LogP contribution is -2.32. The Morgan fingerprint density at radius 2 is 1.74 bits per heavy atom. The summed E-state index contributed by atoms with van der Waals surface area (Å²) in [6, 6.07) is 21.7. The molecular formula is C28H26BrNO5. The molecule has 1 fully saturated rings. The van der Waals surface area contributed by atoms with Gasteiger partial charge in [-0.1, -0.05) is 58.4 Å². The molecule has 180 valence electrons. The van der Waals surface area contributed by atoms with Gasteiger partial charge in [-0.2, -0.15) is 0 Å². The van der Waals surface area contributed by atoms with Crippen LogP contribution >= 0.6 is 15.9 Å². The number of halogens is 1. The zero-order valence-electron chi connectivity index (χ0n) is 19.5. The van der Waals surface area contributed by atoms with Gasteiger partial charge in [-0.05, 0) is 53.9 Å². The van der Waals surface area contributed by atoms with Gasteiger partial charge in [-0.15, -0.1) is 0 Å². The molecule has 0 bridgehead atoms. The van der Waals surface area contributed by atoms with Gasteiger partial charge in [0.1, 0.15) is 18.1 Å². The van der Waals surface area contributed by atoms with E-state index < -0.39 is 17.7 Å². The van der Waals surface area contributed by atoms with Crippen LogP contribution in [0.1, 0.15) is 28.3 Å². The van der Waals surface area contributed by atoms with Crippen LogP contribution in [0, 0.1) is 6.92 Å².